The third-order valence-electron chi connectivity index (χ3n) is 4.58. The highest BCUT2D eigenvalue weighted by molar-refractivity contribution is 6.34. The van der Waals surface area contributed by atoms with E-state index in [2.05, 4.69) is 24.2 Å². The highest BCUT2D eigenvalue weighted by atomic mass is 35.5. The van der Waals surface area contributed by atoms with Gasteiger partial charge in [0.15, 0.2) is 0 Å². The zero-order valence-electron chi connectivity index (χ0n) is 15.2. The molecule has 3 rings (SSSR count). The molecule has 1 saturated heterocycles. The Bertz CT molecular complexity index is 803. The Morgan fingerprint density at radius 2 is 2.07 bits per heavy atom. The number of halogens is 3. The van der Waals surface area contributed by atoms with Crippen LogP contribution in [0.2, 0.25) is 5.02 Å². The smallest absolute Gasteiger partial charge is 0.257 e. The highest BCUT2D eigenvalue weighted by Crippen LogP contribution is 2.25. The minimum absolute atomic E-state index is 0. The number of hydrogen-bond donors (Lipinski definition) is 1. The molecule has 1 heterocycles. The molecule has 1 amide bonds. The van der Waals surface area contributed by atoms with E-state index in [0.29, 0.717) is 11.6 Å². The third kappa shape index (κ3) is 5.58. The molecular formula is C20H23Cl2FN2O2. The van der Waals surface area contributed by atoms with E-state index in [1.54, 1.807) is 12.1 Å². The number of carbonyl (C=O) groups excluding carboxylic acids is 1. The first kappa shape index (κ1) is 21.5. The third-order valence-corrected chi connectivity index (χ3v) is 4.90. The number of rotatable bonds is 4. The molecular weight excluding hydrogens is 390 g/mol. The van der Waals surface area contributed by atoms with Crippen molar-refractivity contribution in [3.8, 4) is 5.75 Å². The van der Waals surface area contributed by atoms with Gasteiger partial charge in [0, 0.05) is 30.8 Å². The van der Waals surface area contributed by atoms with Crippen LogP contribution in [0.4, 0.5) is 10.1 Å². The van der Waals surface area contributed by atoms with Crippen molar-refractivity contribution in [2.45, 2.75) is 19.4 Å². The number of anilines is 1. The van der Waals surface area contributed by atoms with Gasteiger partial charge < -0.3 is 15.0 Å². The quantitative estimate of drug-likeness (QED) is 0.778. The van der Waals surface area contributed by atoms with Crippen LogP contribution in [0.5, 0.6) is 5.75 Å². The Morgan fingerprint density at radius 3 is 2.78 bits per heavy atom. The molecule has 0 aromatic heterocycles. The summed E-state index contributed by atoms with van der Waals surface area (Å²) in [6.07, 6.45) is 1.13. The Morgan fingerprint density at radius 1 is 1.30 bits per heavy atom. The maximum atomic E-state index is 13.1. The second-order valence-corrected chi connectivity index (χ2v) is 7.20. The number of piperidine rings is 1. The van der Waals surface area contributed by atoms with Gasteiger partial charge in [0.1, 0.15) is 17.7 Å². The molecule has 0 spiro atoms. The van der Waals surface area contributed by atoms with Gasteiger partial charge in [-0.15, -0.1) is 12.4 Å². The van der Waals surface area contributed by atoms with Gasteiger partial charge in [-0.1, -0.05) is 24.6 Å². The predicted molar refractivity (Wildman–Crippen MR) is 109 cm³/mol. The summed E-state index contributed by atoms with van der Waals surface area (Å²) in [6.45, 7) is 4.20. The van der Waals surface area contributed by atoms with Crippen LogP contribution >= 0.6 is 24.0 Å². The molecule has 0 aliphatic carbocycles. The van der Waals surface area contributed by atoms with E-state index in [1.807, 2.05) is 12.1 Å². The standard InChI is InChI=1S/C20H22ClFN2O2.ClH/c1-13-12-24(2)9-8-19(13)26-16-5-3-4-15(11-16)23-20(25)17-7-6-14(22)10-18(17)21;/h3-7,10-11,13,19H,8-9,12H2,1-2H3,(H,23,25);1H/t13-,19+;/m1./s1. The number of nitrogens with one attached hydrogen (secondary N) is 1. The number of nitrogens with zero attached hydrogens (tertiary/aromatic N) is 1. The summed E-state index contributed by atoms with van der Waals surface area (Å²) in [6, 6.07) is 11.0. The first-order valence-electron chi connectivity index (χ1n) is 8.64. The molecule has 1 aliphatic rings. The largest absolute Gasteiger partial charge is 0.490 e. The van der Waals surface area contributed by atoms with Crippen LogP contribution < -0.4 is 10.1 Å². The van der Waals surface area contributed by atoms with Crippen LogP contribution in [0.1, 0.15) is 23.7 Å². The first-order chi connectivity index (χ1) is 12.4. The van der Waals surface area contributed by atoms with Crippen LogP contribution in [-0.2, 0) is 0 Å². The Hall–Kier alpha value is -1.82. The number of hydrogen-bond acceptors (Lipinski definition) is 3. The number of carbonyl (C=O) groups is 1. The molecule has 0 saturated carbocycles. The number of benzene rings is 2. The zero-order chi connectivity index (χ0) is 18.7. The lowest BCUT2D eigenvalue weighted by atomic mass is 9.97. The summed E-state index contributed by atoms with van der Waals surface area (Å²) in [4.78, 5) is 14.7. The van der Waals surface area contributed by atoms with E-state index < -0.39 is 5.82 Å². The Kier molecular flexibility index (Phi) is 7.48. The molecule has 146 valence electrons. The summed E-state index contributed by atoms with van der Waals surface area (Å²) >= 11 is 5.95. The van der Waals surface area contributed by atoms with E-state index in [0.717, 1.165) is 31.3 Å². The minimum atomic E-state index is -0.478. The average Bonchev–Trinajstić information content (AvgIpc) is 2.57. The van der Waals surface area contributed by atoms with Gasteiger partial charge in [0.05, 0.1) is 10.6 Å². The molecule has 1 N–H and O–H groups in total. The molecule has 0 bridgehead atoms. The summed E-state index contributed by atoms with van der Waals surface area (Å²) in [7, 11) is 2.11. The van der Waals surface area contributed by atoms with Crippen molar-refractivity contribution in [2.24, 2.45) is 5.92 Å². The van der Waals surface area contributed by atoms with Gasteiger partial charge in [-0.05, 0) is 43.8 Å². The predicted octanol–water partition coefficient (Wildman–Crippen LogP) is 4.87. The SMILES string of the molecule is C[C@@H]1CN(C)CC[C@@H]1Oc1cccc(NC(=O)c2ccc(F)cc2Cl)c1.Cl. The highest BCUT2D eigenvalue weighted by Gasteiger charge is 2.25. The normalized spacial score (nSPS) is 19.9. The fourth-order valence-corrected chi connectivity index (χ4v) is 3.45. The molecule has 7 heteroatoms. The molecule has 4 nitrogen and oxygen atoms in total. The fraction of sp³-hybridized carbons (Fsp3) is 0.350. The van der Waals surface area contributed by atoms with E-state index in [4.69, 9.17) is 16.3 Å². The van der Waals surface area contributed by atoms with Crippen molar-refractivity contribution in [1.29, 1.82) is 0 Å². The van der Waals surface area contributed by atoms with E-state index >= 15 is 0 Å². The molecule has 1 aliphatic heterocycles. The Balaban J connectivity index is 0.00000261. The van der Waals surface area contributed by atoms with E-state index in [9.17, 15) is 9.18 Å². The summed E-state index contributed by atoms with van der Waals surface area (Å²) < 4.78 is 19.3. The molecule has 0 radical (unpaired) electrons. The molecule has 2 atom stereocenters. The second kappa shape index (κ2) is 9.40. The van der Waals surface area contributed by atoms with Crippen molar-refractivity contribution in [2.75, 3.05) is 25.5 Å². The number of likely N-dealkylation sites (tertiary alicyclic amines) is 1. The van der Waals surface area contributed by atoms with Crippen LogP contribution in [0.25, 0.3) is 0 Å². The van der Waals surface area contributed by atoms with Crippen molar-refractivity contribution in [1.82, 2.24) is 4.90 Å². The number of amides is 1. The van der Waals surface area contributed by atoms with Gasteiger partial charge in [-0.2, -0.15) is 0 Å². The molecule has 2 aromatic carbocycles. The zero-order valence-corrected chi connectivity index (χ0v) is 16.8. The van der Waals surface area contributed by atoms with Crippen LogP contribution in [0.15, 0.2) is 42.5 Å². The molecule has 1 fully saturated rings. The lowest BCUT2D eigenvalue weighted by Gasteiger charge is -2.34. The Labute approximate surface area is 170 Å². The van der Waals surface area contributed by atoms with Crippen molar-refractivity contribution in [3.63, 3.8) is 0 Å². The molecule has 27 heavy (non-hydrogen) atoms. The van der Waals surface area contributed by atoms with Crippen molar-refractivity contribution < 1.29 is 13.9 Å². The van der Waals surface area contributed by atoms with Gasteiger partial charge >= 0.3 is 0 Å². The van der Waals surface area contributed by atoms with Gasteiger partial charge in [0.2, 0.25) is 0 Å². The van der Waals surface area contributed by atoms with E-state index in [-0.39, 0.29) is 35.0 Å². The van der Waals surface area contributed by atoms with Crippen LogP contribution in [0, 0.1) is 11.7 Å². The monoisotopic (exact) mass is 412 g/mol. The summed E-state index contributed by atoms with van der Waals surface area (Å²) in [5.74, 6) is 0.286. The lowest BCUT2D eigenvalue weighted by Crippen LogP contribution is -2.42. The summed E-state index contributed by atoms with van der Waals surface area (Å²) in [5.41, 5.74) is 0.830. The summed E-state index contributed by atoms with van der Waals surface area (Å²) in [5, 5.41) is 2.86. The van der Waals surface area contributed by atoms with Crippen molar-refractivity contribution in [3.05, 3.63) is 58.9 Å². The number of ether oxygens (including phenoxy) is 1. The average molecular weight is 413 g/mol. The first-order valence-corrected chi connectivity index (χ1v) is 9.02. The van der Waals surface area contributed by atoms with Gasteiger partial charge in [-0.3, -0.25) is 4.79 Å². The maximum absolute atomic E-state index is 13.1. The van der Waals surface area contributed by atoms with Crippen LogP contribution in [0.3, 0.4) is 0 Å². The maximum Gasteiger partial charge on any atom is 0.257 e. The topological polar surface area (TPSA) is 41.6 Å². The van der Waals surface area contributed by atoms with Gasteiger partial charge in [-0.25, -0.2) is 4.39 Å². The van der Waals surface area contributed by atoms with E-state index in [1.165, 1.54) is 12.1 Å². The second-order valence-electron chi connectivity index (χ2n) is 6.79. The fourth-order valence-electron chi connectivity index (χ4n) is 3.20. The minimum Gasteiger partial charge on any atom is -0.490 e. The molecule has 2 aromatic rings. The van der Waals surface area contributed by atoms with Crippen LogP contribution in [-0.4, -0.2) is 37.0 Å². The lowest BCUT2D eigenvalue weighted by molar-refractivity contribution is 0.0640. The molecule has 0 unspecified atom stereocenters. The van der Waals surface area contributed by atoms with Gasteiger partial charge in [0.25, 0.3) is 5.91 Å². The van der Waals surface area contributed by atoms with Crippen molar-refractivity contribution >= 4 is 35.6 Å².